The standard InChI is InChI=1S/C17H20N4O3/c1-2-3-9-21-16(23)14(15(22)18-17(21)24)13-10-12(19-20-13)11-7-5-4-6-8-11/h4-8,12,19,23H,2-3,9-10H2,1H3,(H,18,22,24). The van der Waals surface area contributed by atoms with Gasteiger partial charge in [-0.15, -0.1) is 0 Å². The van der Waals surface area contributed by atoms with Crippen LogP contribution >= 0.6 is 0 Å². The van der Waals surface area contributed by atoms with Crippen LogP contribution in [0.5, 0.6) is 5.88 Å². The fraction of sp³-hybridized carbons (Fsp3) is 0.353. The predicted octanol–water partition coefficient (Wildman–Crippen LogP) is 1.48. The number of nitrogens with one attached hydrogen (secondary N) is 2. The molecule has 0 aliphatic carbocycles. The molecule has 7 nitrogen and oxygen atoms in total. The first-order chi connectivity index (χ1) is 11.6. The van der Waals surface area contributed by atoms with Crippen LogP contribution in [-0.4, -0.2) is 20.4 Å². The van der Waals surface area contributed by atoms with Crippen molar-refractivity contribution in [2.45, 2.75) is 38.8 Å². The van der Waals surface area contributed by atoms with Gasteiger partial charge >= 0.3 is 5.69 Å². The molecule has 0 saturated carbocycles. The summed E-state index contributed by atoms with van der Waals surface area (Å²) in [5.41, 5.74) is 3.35. The monoisotopic (exact) mass is 328 g/mol. The van der Waals surface area contributed by atoms with Crippen LogP contribution in [0.25, 0.3) is 0 Å². The molecular weight excluding hydrogens is 308 g/mol. The van der Waals surface area contributed by atoms with E-state index in [1.807, 2.05) is 37.3 Å². The summed E-state index contributed by atoms with van der Waals surface area (Å²) in [6.45, 7) is 2.35. The van der Waals surface area contributed by atoms with E-state index in [-0.39, 0.29) is 17.5 Å². The van der Waals surface area contributed by atoms with Crippen molar-refractivity contribution in [1.29, 1.82) is 0 Å². The van der Waals surface area contributed by atoms with E-state index in [4.69, 9.17) is 0 Å². The van der Waals surface area contributed by atoms with Crippen LogP contribution in [0.4, 0.5) is 0 Å². The number of aromatic hydroxyl groups is 1. The molecule has 0 bridgehead atoms. The van der Waals surface area contributed by atoms with Gasteiger partial charge in [0.25, 0.3) is 5.56 Å². The van der Waals surface area contributed by atoms with Crippen molar-refractivity contribution in [2.24, 2.45) is 5.10 Å². The Morgan fingerprint density at radius 1 is 1.29 bits per heavy atom. The number of rotatable bonds is 5. The molecule has 2 aromatic rings. The molecule has 2 heterocycles. The number of unbranched alkanes of at least 4 members (excludes halogenated alkanes) is 1. The average molecular weight is 328 g/mol. The Kier molecular flexibility index (Phi) is 4.50. The van der Waals surface area contributed by atoms with E-state index < -0.39 is 11.2 Å². The zero-order chi connectivity index (χ0) is 17.1. The maximum absolute atomic E-state index is 12.2. The molecule has 24 heavy (non-hydrogen) atoms. The van der Waals surface area contributed by atoms with Crippen molar-refractivity contribution in [3.8, 4) is 5.88 Å². The van der Waals surface area contributed by atoms with Gasteiger partial charge in [-0.2, -0.15) is 5.10 Å². The lowest BCUT2D eigenvalue weighted by Crippen LogP contribution is -2.33. The van der Waals surface area contributed by atoms with E-state index in [0.717, 1.165) is 18.4 Å². The SMILES string of the molecule is CCCCn1c(O)c(C2=NNC(c3ccccc3)C2)c(=O)[nH]c1=O. The van der Waals surface area contributed by atoms with Crippen LogP contribution in [0.3, 0.4) is 0 Å². The molecule has 1 aromatic heterocycles. The maximum atomic E-state index is 12.2. The lowest BCUT2D eigenvalue weighted by molar-refractivity contribution is 0.394. The normalized spacial score (nSPS) is 16.7. The fourth-order valence-corrected chi connectivity index (χ4v) is 2.82. The summed E-state index contributed by atoms with van der Waals surface area (Å²) < 4.78 is 1.19. The molecule has 0 saturated heterocycles. The van der Waals surface area contributed by atoms with Crippen LogP contribution in [0.15, 0.2) is 45.0 Å². The molecular formula is C17H20N4O3. The van der Waals surface area contributed by atoms with Crippen LogP contribution in [0, 0.1) is 0 Å². The minimum absolute atomic E-state index is 0.0592. The first-order valence-corrected chi connectivity index (χ1v) is 8.05. The molecule has 3 rings (SSSR count). The summed E-state index contributed by atoms with van der Waals surface area (Å²) in [7, 11) is 0. The topological polar surface area (TPSA) is 99.5 Å². The van der Waals surface area contributed by atoms with Crippen LogP contribution in [0.1, 0.15) is 43.4 Å². The van der Waals surface area contributed by atoms with Gasteiger partial charge < -0.3 is 10.5 Å². The van der Waals surface area contributed by atoms with Crippen LogP contribution in [0.2, 0.25) is 0 Å². The number of hydrogen-bond donors (Lipinski definition) is 3. The van der Waals surface area contributed by atoms with Crippen molar-refractivity contribution in [1.82, 2.24) is 15.0 Å². The Morgan fingerprint density at radius 3 is 2.75 bits per heavy atom. The van der Waals surface area contributed by atoms with E-state index in [2.05, 4.69) is 15.5 Å². The van der Waals surface area contributed by atoms with Gasteiger partial charge in [0.15, 0.2) is 0 Å². The van der Waals surface area contributed by atoms with Crippen molar-refractivity contribution < 1.29 is 5.11 Å². The lowest BCUT2D eigenvalue weighted by atomic mass is 10.0. The summed E-state index contributed by atoms with van der Waals surface area (Å²) in [4.78, 5) is 26.4. The summed E-state index contributed by atoms with van der Waals surface area (Å²) in [5, 5.41) is 14.6. The number of hydrogen-bond acceptors (Lipinski definition) is 5. The number of H-pyrrole nitrogens is 1. The highest BCUT2D eigenvalue weighted by atomic mass is 16.3. The van der Waals surface area contributed by atoms with Gasteiger partial charge in [0, 0.05) is 13.0 Å². The number of nitrogens with zero attached hydrogens (tertiary/aromatic N) is 2. The third-order valence-electron chi connectivity index (χ3n) is 4.15. The molecule has 0 amide bonds. The second kappa shape index (κ2) is 6.74. The van der Waals surface area contributed by atoms with Gasteiger partial charge in [0.2, 0.25) is 5.88 Å². The molecule has 3 N–H and O–H groups in total. The van der Waals surface area contributed by atoms with Gasteiger partial charge in [-0.1, -0.05) is 43.7 Å². The fourth-order valence-electron chi connectivity index (χ4n) is 2.82. The van der Waals surface area contributed by atoms with E-state index in [1.165, 1.54) is 4.57 Å². The van der Waals surface area contributed by atoms with Gasteiger partial charge in [-0.25, -0.2) is 4.79 Å². The molecule has 0 fully saturated rings. The molecule has 0 radical (unpaired) electrons. The molecule has 1 atom stereocenters. The second-order valence-electron chi connectivity index (χ2n) is 5.82. The highest BCUT2D eigenvalue weighted by molar-refractivity contribution is 6.03. The Bertz CT molecular complexity index is 868. The van der Waals surface area contributed by atoms with E-state index >= 15 is 0 Å². The highest BCUT2D eigenvalue weighted by Crippen LogP contribution is 2.25. The molecule has 1 aromatic carbocycles. The molecule has 1 unspecified atom stereocenters. The van der Waals surface area contributed by atoms with Crippen molar-refractivity contribution in [2.75, 3.05) is 0 Å². The van der Waals surface area contributed by atoms with Crippen LogP contribution < -0.4 is 16.7 Å². The molecule has 1 aliphatic rings. The Morgan fingerprint density at radius 2 is 2.04 bits per heavy atom. The minimum atomic E-state index is -0.612. The predicted molar refractivity (Wildman–Crippen MR) is 91.4 cm³/mol. The summed E-state index contributed by atoms with van der Waals surface area (Å²) in [6.07, 6.45) is 2.07. The Labute approximate surface area is 138 Å². The van der Waals surface area contributed by atoms with Crippen molar-refractivity contribution in [3.05, 3.63) is 62.3 Å². The first-order valence-electron chi connectivity index (χ1n) is 8.05. The molecule has 126 valence electrons. The lowest BCUT2D eigenvalue weighted by Gasteiger charge is -2.11. The largest absolute Gasteiger partial charge is 0.494 e. The number of benzene rings is 1. The van der Waals surface area contributed by atoms with Crippen molar-refractivity contribution >= 4 is 5.71 Å². The summed E-state index contributed by atoms with van der Waals surface area (Å²) >= 11 is 0. The van der Waals surface area contributed by atoms with Gasteiger partial charge in [-0.3, -0.25) is 14.3 Å². The van der Waals surface area contributed by atoms with Gasteiger partial charge in [-0.05, 0) is 12.0 Å². The average Bonchev–Trinajstić information content (AvgIpc) is 3.05. The van der Waals surface area contributed by atoms with Gasteiger partial charge in [0.05, 0.1) is 11.8 Å². The summed E-state index contributed by atoms with van der Waals surface area (Å²) in [6, 6.07) is 9.69. The number of hydrazone groups is 1. The van der Waals surface area contributed by atoms with E-state index in [1.54, 1.807) is 0 Å². The third kappa shape index (κ3) is 2.97. The first kappa shape index (κ1) is 16.0. The van der Waals surface area contributed by atoms with Gasteiger partial charge in [0.1, 0.15) is 5.56 Å². The quantitative estimate of drug-likeness (QED) is 0.774. The number of aromatic amines is 1. The van der Waals surface area contributed by atoms with Crippen LogP contribution in [-0.2, 0) is 6.54 Å². The molecule has 0 spiro atoms. The highest BCUT2D eigenvalue weighted by Gasteiger charge is 2.26. The third-order valence-corrected chi connectivity index (χ3v) is 4.15. The molecule has 1 aliphatic heterocycles. The summed E-state index contributed by atoms with van der Waals surface area (Å²) in [5.74, 6) is -0.313. The number of aromatic nitrogens is 2. The Hall–Kier alpha value is -2.83. The van der Waals surface area contributed by atoms with E-state index in [9.17, 15) is 14.7 Å². The second-order valence-corrected chi connectivity index (χ2v) is 5.82. The smallest absolute Gasteiger partial charge is 0.331 e. The van der Waals surface area contributed by atoms with Crippen molar-refractivity contribution in [3.63, 3.8) is 0 Å². The zero-order valence-corrected chi connectivity index (χ0v) is 13.5. The maximum Gasteiger partial charge on any atom is 0.331 e. The minimum Gasteiger partial charge on any atom is -0.494 e. The van der Waals surface area contributed by atoms with E-state index in [0.29, 0.717) is 18.7 Å². The zero-order valence-electron chi connectivity index (χ0n) is 13.5. The molecule has 7 heteroatoms. The Balaban J connectivity index is 1.93.